The van der Waals surface area contributed by atoms with Gasteiger partial charge in [0.2, 0.25) is 0 Å². The van der Waals surface area contributed by atoms with Gasteiger partial charge in [-0.1, -0.05) is 6.07 Å². The van der Waals surface area contributed by atoms with Gasteiger partial charge in [0, 0.05) is 6.07 Å². The Labute approximate surface area is 121 Å². The quantitative estimate of drug-likeness (QED) is 0.359. The number of hydrogen-bond donors (Lipinski definition) is 2. The van der Waals surface area contributed by atoms with E-state index in [-0.39, 0.29) is 24.3 Å². The zero-order valence-corrected chi connectivity index (χ0v) is 11.6. The van der Waals surface area contributed by atoms with Gasteiger partial charge in [0.1, 0.15) is 18.5 Å². The largest absolute Gasteiger partial charge is 0.490 e. The molecule has 0 aromatic heterocycles. The Bertz CT molecular complexity index is 549. The monoisotopic (exact) mass is 295 g/mol. The summed E-state index contributed by atoms with van der Waals surface area (Å²) >= 11 is 0. The molecule has 2 unspecified atom stereocenters. The van der Waals surface area contributed by atoms with E-state index in [1.54, 1.807) is 19.1 Å². The van der Waals surface area contributed by atoms with E-state index in [9.17, 15) is 14.9 Å². The third kappa shape index (κ3) is 3.47. The van der Waals surface area contributed by atoms with Gasteiger partial charge in [-0.3, -0.25) is 20.3 Å². The first-order chi connectivity index (χ1) is 10.0. The van der Waals surface area contributed by atoms with Crippen LogP contribution >= 0.6 is 0 Å². The number of rotatable bonds is 5. The molecule has 0 saturated carbocycles. The molecule has 1 amide bonds. The fraction of sp³-hybridized carbons (Fsp3) is 0.462. The van der Waals surface area contributed by atoms with E-state index in [1.165, 1.54) is 6.07 Å². The number of carbonyl (C=O) groups excluding carboxylic acids is 1. The molecule has 1 heterocycles. The molecule has 0 aliphatic carbocycles. The molecule has 1 fully saturated rings. The van der Waals surface area contributed by atoms with E-state index in [2.05, 4.69) is 5.43 Å². The smallest absolute Gasteiger partial charge is 0.276 e. The summed E-state index contributed by atoms with van der Waals surface area (Å²) in [5.74, 6) is 5.14. The third-order valence-electron chi connectivity index (χ3n) is 3.42. The van der Waals surface area contributed by atoms with Crippen molar-refractivity contribution in [3.8, 4) is 5.75 Å². The van der Waals surface area contributed by atoms with Crippen molar-refractivity contribution in [3.63, 3.8) is 0 Å². The van der Waals surface area contributed by atoms with Crippen LogP contribution in [0.25, 0.3) is 0 Å². The highest BCUT2D eigenvalue weighted by molar-refractivity contribution is 5.80. The van der Waals surface area contributed by atoms with Gasteiger partial charge < -0.3 is 9.47 Å². The van der Waals surface area contributed by atoms with Gasteiger partial charge in [-0.2, -0.15) is 0 Å². The van der Waals surface area contributed by atoms with Crippen molar-refractivity contribution in [2.75, 3.05) is 6.61 Å². The van der Waals surface area contributed by atoms with Crippen LogP contribution in [0.2, 0.25) is 0 Å². The zero-order valence-electron chi connectivity index (χ0n) is 11.6. The van der Waals surface area contributed by atoms with Gasteiger partial charge in [-0.15, -0.1) is 0 Å². The van der Waals surface area contributed by atoms with Crippen LogP contribution in [0, 0.1) is 17.0 Å². The van der Waals surface area contributed by atoms with Crippen molar-refractivity contribution in [1.29, 1.82) is 0 Å². The number of nitrogens with zero attached hydrogens (tertiary/aromatic N) is 1. The van der Waals surface area contributed by atoms with Gasteiger partial charge in [0.15, 0.2) is 0 Å². The van der Waals surface area contributed by atoms with Crippen LogP contribution in [0.4, 0.5) is 5.69 Å². The highest BCUT2D eigenvalue weighted by Crippen LogP contribution is 2.28. The minimum absolute atomic E-state index is 0.0141. The molecule has 0 radical (unpaired) electrons. The van der Waals surface area contributed by atoms with E-state index < -0.39 is 11.0 Å². The molecule has 21 heavy (non-hydrogen) atoms. The second-order valence-electron chi connectivity index (χ2n) is 4.80. The van der Waals surface area contributed by atoms with E-state index >= 15 is 0 Å². The molecule has 0 bridgehead atoms. The maximum atomic E-state index is 11.3. The summed E-state index contributed by atoms with van der Waals surface area (Å²) < 4.78 is 11.1. The van der Waals surface area contributed by atoms with E-state index in [0.717, 1.165) is 0 Å². The van der Waals surface area contributed by atoms with Crippen molar-refractivity contribution >= 4 is 11.6 Å². The molecule has 2 atom stereocenters. The lowest BCUT2D eigenvalue weighted by atomic mass is 10.2. The van der Waals surface area contributed by atoms with Crippen LogP contribution in [0.1, 0.15) is 18.4 Å². The Morgan fingerprint density at radius 1 is 1.57 bits per heavy atom. The summed E-state index contributed by atoms with van der Waals surface area (Å²) in [6.45, 7) is 1.87. The number of benzene rings is 1. The Kier molecular flexibility index (Phi) is 4.71. The van der Waals surface area contributed by atoms with Crippen LogP contribution in [-0.2, 0) is 9.53 Å². The number of nitro benzene ring substituents is 1. The van der Waals surface area contributed by atoms with Crippen LogP contribution in [0.5, 0.6) is 5.75 Å². The van der Waals surface area contributed by atoms with E-state index in [0.29, 0.717) is 24.2 Å². The highest BCUT2D eigenvalue weighted by Gasteiger charge is 2.30. The molecular weight excluding hydrogens is 278 g/mol. The van der Waals surface area contributed by atoms with Gasteiger partial charge >= 0.3 is 0 Å². The summed E-state index contributed by atoms with van der Waals surface area (Å²) in [6, 6.07) is 4.66. The fourth-order valence-corrected chi connectivity index (χ4v) is 2.25. The Balaban J connectivity index is 1.94. The maximum absolute atomic E-state index is 11.3. The molecule has 8 heteroatoms. The molecule has 1 saturated heterocycles. The first-order valence-electron chi connectivity index (χ1n) is 6.55. The van der Waals surface area contributed by atoms with Gasteiger partial charge in [-0.25, -0.2) is 5.84 Å². The normalized spacial score (nSPS) is 21.0. The number of nitro groups is 1. The molecule has 0 spiro atoms. The molecule has 1 aromatic carbocycles. The van der Waals surface area contributed by atoms with Gasteiger partial charge in [-0.05, 0) is 25.8 Å². The number of nitrogens with two attached hydrogens (primary N) is 1. The van der Waals surface area contributed by atoms with E-state index in [1.807, 2.05) is 0 Å². The topological polar surface area (TPSA) is 117 Å². The highest BCUT2D eigenvalue weighted by atomic mass is 16.6. The second kappa shape index (κ2) is 6.51. The standard InChI is InChI=1S/C13H17N3O5/c1-8-10(16(18)19)3-2-4-11(8)20-7-9-5-6-12(21-9)13(17)15-14/h2-4,9,12H,5-7,14H2,1H3,(H,15,17). The lowest BCUT2D eigenvalue weighted by Gasteiger charge is -2.14. The Morgan fingerprint density at radius 2 is 2.33 bits per heavy atom. The molecule has 1 aromatic rings. The first kappa shape index (κ1) is 15.2. The maximum Gasteiger partial charge on any atom is 0.276 e. The van der Waals surface area contributed by atoms with Crippen molar-refractivity contribution in [3.05, 3.63) is 33.9 Å². The summed E-state index contributed by atoms with van der Waals surface area (Å²) in [4.78, 5) is 21.7. The van der Waals surface area contributed by atoms with Crippen molar-refractivity contribution in [2.24, 2.45) is 5.84 Å². The zero-order chi connectivity index (χ0) is 15.4. The number of amides is 1. The SMILES string of the molecule is Cc1c(OCC2CCC(C(=O)NN)O2)cccc1[N+](=O)[O-]. The minimum Gasteiger partial charge on any atom is -0.490 e. The Morgan fingerprint density at radius 3 is 3.00 bits per heavy atom. The number of carbonyl (C=O) groups is 1. The van der Waals surface area contributed by atoms with E-state index in [4.69, 9.17) is 15.3 Å². The van der Waals surface area contributed by atoms with Crippen LogP contribution < -0.4 is 16.0 Å². The summed E-state index contributed by atoms with van der Waals surface area (Å²) in [6.07, 6.45) is 0.456. The molecule has 8 nitrogen and oxygen atoms in total. The first-order valence-corrected chi connectivity index (χ1v) is 6.55. The molecule has 3 N–H and O–H groups in total. The van der Waals surface area contributed by atoms with Crippen LogP contribution in [0.15, 0.2) is 18.2 Å². The van der Waals surface area contributed by atoms with Crippen molar-refractivity contribution in [1.82, 2.24) is 5.43 Å². The average molecular weight is 295 g/mol. The van der Waals surface area contributed by atoms with Crippen molar-refractivity contribution < 1.29 is 19.2 Å². The third-order valence-corrected chi connectivity index (χ3v) is 3.42. The molecular formula is C13H17N3O5. The fourth-order valence-electron chi connectivity index (χ4n) is 2.25. The summed E-state index contributed by atoms with van der Waals surface area (Å²) in [7, 11) is 0. The summed E-state index contributed by atoms with van der Waals surface area (Å²) in [5, 5.41) is 10.9. The number of nitrogens with one attached hydrogen (secondary N) is 1. The summed E-state index contributed by atoms with van der Waals surface area (Å²) in [5.41, 5.74) is 2.53. The molecule has 114 valence electrons. The number of ether oxygens (including phenoxy) is 2. The van der Waals surface area contributed by atoms with Crippen LogP contribution in [-0.4, -0.2) is 29.6 Å². The second-order valence-corrected chi connectivity index (χ2v) is 4.80. The molecule has 2 rings (SSSR count). The lowest BCUT2D eigenvalue weighted by molar-refractivity contribution is -0.385. The predicted molar refractivity (Wildman–Crippen MR) is 73.6 cm³/mol. The molecule has 1 aliphatic rings. The predicted octanol–water partition coefficient (Wildman–Crippen LogP) is 0.820. The Hall–Kier alpha value is -2.19. The number of hydrazine groups is 1. The average Bonchev–Trinajstić information content (AvgIpc) is 2.94. The van der Waals surface area contributed by atoms with Crippen LogP contribution in [0.3, 0.4) is 0 Å². The lowest BCUT2D eigenvalue weighted by Crippen LogP contribution is -2.39. The minimum atomic E-state index is -0.560. The molecule has 1 aliphatic heterocycles. The number of hydrogen-bond acceptors (Lipinski definition) is 6. The van der Waals surface area contributed by atoms with Gasteiger partial charge in [0.25, 0.3) is 11.6 Å². The van der Waals surface area contributed by atoms with Gasteiger partial charge in [0.05, 0.1) is 16.6 Å². The van der Waals surface area contributed by atoms with Crippen molar-refractivity contribution in [2.45, 2.75) is 32.0 Å².